The highest BCUT2D eigenvalue weighted by Crippen LogP contribution is 2.28. The van der Waals surface area contributed by atoms with E-state index in [2.05, 4.69) is 24.5 Å². The van der Waals surface area contributed by atoms with Gasteiger partial charge in [-0.1, -0.05) is 20.3 Å². The predicted molar refractivity (Wildman–Crippen MR) is 67.3 cm³/mol. The van der Waals surface area contributed by atoms with Crippen LogP contribution in [0.15, 0.2) is 0 Å². The third kappa shape index (κ3) is 4.12. The molecule has 3 heteroatoms. The molecule has 2 atom stereocenters. The Kier molecular flexibility index (Phi) is 5.81. The number of nitrogens with one attached hydrogen (secondary N) is 2. The first-order valence-corrected chi connectivity index (χ1v) is 6.65. The molecule has 0 aromatic rings. The van der Waals surface area contributed by atoms with E-state index >= 15 is 0 Å². The highest BCUT2D eigenvalue weighted by Gasteiger charge is 2.26. The van der Waals surface area contributed by atoms with E-state index in [9.17, 15) is 4.79 Å². The Morgan fingerprint density at radius 3 is 2.44 bits per heavy atom. The van der Waals surface area contributed by atoms with E-state index in [1.165, 1.54) is 19.3 Å². The molecule has 1 saturated carbocycles. The Balaban J connectivity index is 2.22. The van der Waals surface area contributed by atoms with E-state index in [-0.39, 0.29) is 5.91 Å². The number of hydrogen-bond acceptors (Lipinski definition) is 2. The average molecular weight is 226 g/mol. The lowest BCUT2D eigenvalue weighted by atomic mass is 9.79. The zero-order valence-corrected chi connectivity index (χ0v) is 10.9. The van der Waals surface area contributed by atoms with Gasteiger partial charge in [-0.05, 0) is 31.6 Å². The van der Waals surface area contributed by atoms with E-state index in [0.29, 0.717) is 12.5 Å². The first-order chi connectivity index (χ1) is 7.65. The summed E-state index contributed by atoms with van der Waals surface area (Å²) in [6.45, 7) is 8.13. The van der Waals surface area contributed by atoms with E-state index in [4.69, 9.17) is 0 Å². The second-order valence-electron chi connectivity index (χ2n) is 5.07. The summed E-state index contributed by atoms with van der Waals surface area (Å²) in [7, 11) is 0. The lowest BCUT2D eigenvalue weighted by Crippen LogP contribution is -2.44. The van der Waals surface area contributed by atoms with Crippen LogP contribution in [0, 0.1) is 11.8 Å². The molecule has 0 bridgehead atoms. The highest BCUT2D eigenvalue weighted by atomic mass is 16.1. The van der Waals surface area contributed by atoms with Crippen molar-refractivity contribution in [3.63, 3.8) is 0 Å². The quantitative estimate of drug-likeness (QED) is 0.752. The molecule has 1 rings (SSSR count). The topological polar surface area (TPSA) is 41.1 Å². The van der Waals surface area contributed by atoms with Gasteiger partial charge in [0.15, 0.2) is 0 Å². The van der Waals surface area contributed by atoms with Gasteiger partial charge < -0.3 is 10.6 Å². The number of amides is 1. The molecule has 1 aliphatic carbocycles. The summed E-state index contributed by atoms with van der Waals surface area (Å²) in [6.07, 6.45) is 4.60. The van der Waals surface area contributed by atoms with Gasteiger partial charge in [-0.25, -0.2) is 0 Å². The minimum Gasteiger partial charge on any atom is -0.356 e. The number of hydrogen-bond donors (Lipinski definition) is 2. The maximum absolute atomic E-state index is 11.3. The van der Waals surface area contributed by atoms with Crippen molar-refractivity contribution in [3.8, 4) is 0 Å². The minimum absolute atomic E-state index is 0.158. The summed E-state index contributed by atoms with van der Waals surface area (Å²) in [5.74, 6) is 1.65. The molecule has 0 spiro atoms. The van der Waals surface area contributed by atoms with Crippen LogP contribution in [0.3, 0.4) is 0 Å². The second-order valence-corrected chi connectivity index (χ2v) is 5.07. The molecule has 3 nitrogen and oxygen atoms in total. The molecule has 2 unspecified atom stereocenters. The van der Waals surface area contributed by atoms with Crippen molar-refractivity contribution < 1.29 is 4.79 Å². The van der Waals surface area contributed by atoms with Gasteiger partial charge in [0.1, 0.15) is 0 Å². The highest BCUT2D eigenvalue weighted by molar-refractivity contribution is 5.75. The molecule has 2 N–H and O–H groups in total. The van der Waals surface area contributed by atoms with Crippen molar-refractivity contribution in [2.75, 3.05) is 13.1 Å². The van der Waals surface area contributed by atoms with E-state index < -0.39 is 0 Å². The van der Waals surface area contributed by atoms with Crippen molar-refractivity contribution in [2.45, 2.75) is 52.5 Å². The van der Waals surface area contributed by atoms with Crippen LogP contribution < -0.4 is 10.6 Å². The zero-order chi connectivity index (χ0) is 12.0. The molecule has 0 heterocycles. The summed E-state index contributed by atoms with van der Waals surface area (Å²) >= 11 is 0. The van der Waals surface area contributed by atoms with E-state index in [1.54, 1.807) is 0 Å². The Hall–Kier alpha value is -0.570. The van der Waals surface area contributed by atoms with Crippen LogP contribution in [0.25, 0.3) is 0 Å². The Labute approximate surface area is 99.4 Å². The standard InChI is InChI=1S/C13H26N2O/c1-4-14-12(16)8-9-15-13-10(2)6-5-7-11(13)3/h10-11,13,15H,4-9H2,1-3H3,(H,14,16). The maximum Gasteiger partial charge on any atom is 0.221 e. The monoisotopic (exact) mass is 226 g/mol. The van der Waals surface area contributed by atoms with Gasteiger partial charge in [-0.15, -0.1) is 0 Å². The van der Waals surface area contributed by atoms with Gasteiger partial charge >= 0.3 is 0 Å². The zero-order valence-electron chi connectivity index (χ0n) is 10.9. The van der Waals surface area contributed by atoms with Gasteiger partial charge in [-0.3, -0.25) is 4.79 Å². The average Bonchev–Trinajstić information content (AvgIpc) is 2.23. The lowest BCUT2D eigenvalue weighted by molar-refractivity contribution is -0.120. The minimum atomic E-state index is 0.158. The molecule has 0 aromatic heterocycles. The number of carbonyl (C=O) groups excluding carboxylic acids is 1. The third-order valence-corrected chi connectivity index (χ3v) is 3.65. The van der Waals surface area contributed by atoms with Crippen molar-refractivity contribution in [1.29, 1.82) is 0 Å². The SMILES string of the molecule is CCNC(=O)CCNC1C(C)CCCC1C. The first-order valence-electron chi connectivity index (χ1n) is 6.65. The molecule has 0 aliphatic heterocycles. The van der Waals surface area contributed by atoms with Crippen molar-refractivity contribution in [1.82, 2.24) is 10.6 Å². The van der Waals surface area contributed by atoms with Crippen molar-refractivity contribution >= 4 is 5.91 Å². The smallest absolute Gasteiger partial charge is 0.221 e. The summed E-state index contributed by atoms with van der Waals surface area (Å²) in [4.78, 5) is 11.3. The molecule has 1 fully saturated rings. The Morgan fingerprint density at radius 1 is 1.25 bits per heavy atom. The van der Waals surface area contributed by atoms with Gasteiger partial charge in [-0.2, -0.15) is 0 Å². The summed E-state index contributed by atoms with van der Waals surface area (Å²) in [5.41, 5.74) is 0. The number of rotatable bonds is 5. The lowest BCUT2D eigenvalue weighted by Gasteiger charge is -2.35. The van der Waals surface area contributed by atoms with Crippen LogP contribution in [-0.2, 0) is 4.79 Å². The fraction of sp³-hybridized carbons (Fsp3) is 0.923. The van der Waals surface area contributed by atoms with Crippen LogP contribution in [0.4, 0.5) is 0 Å². The van der Waals surface area contributed by atoms with Crippen LogP contribution in [0.5, 0.6) is 0 Å². The Morgan fingerprint density at radius 2 is 1.88 bits per heavy atom. The molecule has 0 saturated heterocycles. The van der Waals surface area contributed by atoms with E-state index in [0.717, 1.165) is 24.9 Å². The van der Waals surface area contributed by atoms with Crippen LogP contribution in [0.1, 0.15) is 46.5 Å². The fourth-order valence-corrected chi connectivity index (χ4v) is 2.72. The summed E-state index contributed by atoms with van der Waals surface area (Å²) in [5, 5.41) is 6.38. The van der Waals surface area contributed by atoms with Crippen molar-refractivity contribution in [3.05, 3.63) is 0 Å². The third-order valence-electron chi connectivity index (χ3n) is 3.65. The molecule has 0 aromatic carbocycles. The maximum atomic E-state index is 11.3. The first kappa shape index (κ1) is 13.5. The molecular formula is C13H26N2O. The predicted octanol–water partition coefficient (Wildman–Crippen LogP) is 1.93. The molecule has 1 aliphatic rings. The van der Waals surface area contributed by atoms with Gasteiger partial charge in [0.2, 0.25) is 5.91 Å². The van der Waals surface area contributed by atoms with Gasteiger partial charge in [0, 0.05) is 25.6 Å². The molecule has 94 valence electrons. The van der Waals surface area contributed by atoms with Crippen LogP contribution in [0.2, 0.25) is 0 Å². The fourth-order valence-electron chi connectivity index (χ4n) is 2.72. The summed E-state index contributed by atoms with van der Waals surface area (Å²) in [6, 6.07) is 0.600. The van der Waals surface area contributed by atoms with E-state index in [1.807, 2.05) is 6.92 Å². The Bertz CT molecular complexity index is 208. The summed E-state index contributed by atoms with van der Waals surface area (Å²) < 4.78 is 0. The van der Waals surface area contributed by atoms with Crippen LogP contribution >= 0.6 is 0 Å². The van der Waals surface area contributed by atoms with Gasteiger partial charge in [0.25, 0.3) is 0 Å². The number of carbonyl (C=O) groups is 1. The van der Waals surface area contributed by atoms with Gasteiger partial charge in [0.05, 0.1) is 0 Å². The van der Waals surface area contributed by atoms with Crippen molar-refractivity contribution in [2.24, 2.45) is 11.8 Å². The molecule has 0 radical (unpaired) electrons. The molecule has 16 heavy (non-hydrogen) atoms. The second kappa shape index (κ2) is 6.89. The largest absolute Gasteiger partial charge is 0.356 e. The molecule has 1 amide bonds. The molecular weight excluding hydrogens is 200 g/mol. The van der Waals surface area contributed by atoms with Crippen LogP contribution in [-0.4, -0.2) is 25.0 Å². The normalized spacial score (nSPS) is 30.1.